The summed E-state index contributed by atoms with van der Waals surface area (Å²) in [5.74, 6) is 0.388. The molecule has 0 amide bonds. The van der Waals surface area contributed by atoms with Gasteiger partial charge in [-0.3, -0.25) is 14.9 Å². The third-order valence-corrected chi connectivity index (χ3v) is 5.16. The summed E-state index contributed by atoms with van der Waals surface area (Å²) >= 11 is 9.58. The van der Waals surface area contributed by atoms with Gasteiger partial charge in [-0.1, -0.05) is 61.0 Å². The maximum atomic E-state index is 13.2. The molecule has 166 valence electrons. The number of fused-ring (bicyclic) bond motifs is 1. The number of nitro benzene ring substituents is 1. The number of halogens is 2. The van der Waals surface area contributed by atoms with Gasteiger partial charge < -0.3 is 4.74 Å². The van der Waals surface area contributed by atoms with Crippen LogP contribution in [-0.2, 0) is 5.41 Å². The van der Waals surface area contributed by atoms with Gasteiger partial charge in [-0.15, -0.1) is 0 Å². The van der Waals surface area contributed by atoms with Crippen LogP contribution in [0.4, 0.5) is 5.69 Å². The van der Waals surface area contributed by atoms with Crippen molar-refractivity contribution < 1.29 is 9.66 Å². The van der Waals surface area contributed by atoms with Crippen LogP contribution in [0.5, 0.6) is 5.75 Å². The van der Waals surface area contributed by atoms with Crippen molar-refractivity contribution in [2.75, 3.05) is 6.61 Å². The van der Waals surface area contributed by atoms with Crippen molar-refractivity contribution in [2.24, 2.45) is 5.10 Å². The van der Waals surface area contributed by atoms with Gasteiger partial charge >= 0.3 is 5.69 Å². The molecule has 3 aromatic rings. The Morgan fingerprint density at radius 3 is 2.69 bits per heavy atom. The fourth-order valence-electron chi connectivity index (χ4n) is 2.96. The zero-order valence-corrected chi connectivity index (χ0v) is 20.0. The van der Waals surface area contributed by atoms with Gasteiger partial charge in [0.15, 0.2) is 0 Å². The molecule has 0 saturated carbocycles. The Labute approximate surface area is 197 Å². The zero-order chi connectivity index (χ0) is 23.6. The molecule has 0 atom stereocenters. The summed E-state index contributed by atoms with van der Waals surface area (Å²) < 4.78 is 7.27. The minimum absolute atomic E-state index is 0.0476. The van der Waals surface area contributed by atoms with Crippen molar-refractivity contribution in [1.29, 1.82) is 0 Å². The lowest BCUT2D eigenvalue weighted by Gasteiger charge is -2.20. The molecule has 0 aliphatic carbocycles. The van der Waals surface area contributed by atoms with Crippen LogP contribution in [-0.4, -0.2) is 27.4 Å². The van der Waals surface area contributed by atoms with Crippen LogP contribution >= 0.6 is 27.5 Å². The van der Waals surface area contributed by atoms with E-state index in [1.807, 2.05) is 26.8 Å². The second-order valence-electron chi connectivity index (χ2n) is 7.92. The molecule has 0 spiro atoms. The Hall–Kier alpha value is -3.04. The van der Waals surface area contributed by atoms with Crippen molar-refractivity contribution in [3.8, 4) is 5.75 Å². The molecule has 10 heteroatoms. The minimum atomic E-state index is -0.594. The van der Waals surface area contributed by atoms with E-state index in [4.69, 9.17) is 16.3 Å². The van der Waals surface area contributed by atoms with Gasteiger partial charge in [-0.2, -0.15) is 9.78 Å². The monoisotopic (exact) mass is 518 g/mol. The number of nitrogens with zero attached hydrogens (tertiary/aromatic N) is 4. The molecule has 0 aliphatic rings. The van der Waals surface area contributed by atoms with Crippen LogP contribution in [0.2, 0.25) is 5.02 Å². The van der Waals surface area contributed by atoms with Crippen molar-refractivity contribution in [2.45, 2.75) is 26.2 Å². The average Bonchev–Trinajstić information content (AvgIpc) is 2.71. The highest BCUT2D eigenvalue weighted by Crippen LogP contribution is 2.36. The quantitative estimate of drug-likeness (QED) is 0.186. The molecule has 0 fully saturated rings. The molecule has 0 N–H and O–H groups in total. The second-order valence-corrected chi connectivity index (χ2v) is 9.24. The molecule has 1 aromatic heterocycles. The average molecular weight is 520 g/mol. The van der Waals surface area contributed by atoms with E-state index in [9.17, 15) is 14.9 Å². The van der Waals surface area contributed by atoms with Gasteiger partial charge in [0.2, 0.25) is 5.75 Å². The third-order valence-electron chi connectivity index (χ3n) is 4.39. The maximum absolute atomic E-state index is 13.2. The molecule has 8 nitrogen and oxygen atoms in total. The fourth-order valence-corrected chi connectivity index (χ4v) is 3.60. The second kappa shape index (κ2) is 9.22. The number of benzene rings is 2. The normalized spacial score (nSPS) is 11.8. The fraction of sp³-hybridized carbons (Fsp3) is 0.227. The zero-order valence-electron chi connectivity index (χ0n) is 17.6. The molecule has 0 unspecified atom stereocenters. The van der Waals surface area contributed by atoms with Crippen LogP contribution in [0.25, 0.3) is 10.9 Å². The van der Waals surface area contributed by atoms with Crippen molar-refractivity contribution in [1.82, 2.24) is 9.66 Å². The molecule has 3 rings (SSSR count). The van der Waals surface area contributed by atoms with E-state index in [0.29, 0.717) is 22.3 Å². The third kappa shape index (κ3) is 4.89. The van der Waals surface area contributed by atoms with Crippen LogP contribution in [0, 0.1) is 10.1 Å². The summed E-state index contributed by atoms with van der Waals surface area (Å²) in [5.41, 5.74) is -0.288. The Morgan fingerprint density at radius 1 is 1.34 bits per heavy atom. The van der Waals surface area contributed by atoms with E-state index in [0.717, 1.165) is 4.47 Å². The molecule has 0 radical (unpaired) electrons. The summed E-state index contributed by atoms with van der Waals surface area (Å²) in [6, 6.07) is 8.00. The van der Waals surface area contributed by atoms with Gasteiger partial charge in [0.05, 0.1) is 27.1 Å². The minimum Gasteiger partial charge on any atom is -0.482 e. The number of aromatic nitrogens is 2. The summed E-state index contributed by atoms with van der Waals surface area (Å²) in [6.45, 7) is 9.34. The first-order chi connectivity index (χ1) is 15.0. The molecular weight excluding hydrogens is 500 g/mol. The summed E-state index contributed by atoms with van der Waals surface area (Å²) in [6.07, 6.45) is 2.79. The molecule has 1 heterocycles. The topological polar surface area (TPSA) is 99.6 Å². The van der Waals surface area contributed by atoms with Crippen LogP contribution in [0.1, 0.15) is 32.2 Å². The first-order valence-electron chi connectivity index (χ1n) is 9.51. The molecule has 0 saturated heterocycles. The van der Waals surface area contributed by atoms with Gasteiger partial charge in [0.25, 0.3) is 5.56 Å². The van der Waals surface area contributed by atoms with E-state index in [1.54, 1.807) is 12.1 Å². The lowest BCUT2D eigenvalue weighted by atomic mass is 9.95. The van der Waals surface area contributed by atoms with E-state index in [1.165, 1.54) is 29.1 Å². The predicted octanol–water partition coefficient (Wildman–Crippen LogP) is 5.47. The largest absolute Gasteiger partial charge is 0.482 e. The SMILES string of the molecule is C=CCOc1c(Cl)cc(C=Nn2c(C(C)(C)C)nc3ccc(Br)cc3c2=O)cc1[N+](=O)[O-]. The van der Waals surface area contributed by atoms with Crippen molar-refractivity contribution in [3.63, 3.8) is 0 Å². The smallest absolute Gasteiger partial charge is 0.313 e. The first kappa shape index (κ1) is 23.6. The Morgan fingerprint density at radius 2 is 2.06 bits per heavy atom. The highest BCUT2D eigenvalue weighted by Gasteiger charge is 2.23. The van der Waals surface area contributed by atoms with Gasteiger partial charge in [-0.25, -0.2) is 4.98 Å². The van der Waals surface area contributed by atoms with Gasteiger partial charge in [0, 0.05) is 21.5 Å². The summed E-state index contributed by atoms with van der Waals surface area (Å²) in [4.78, 5) is 28.8. The number of hydrogen-bond acceptors (Lipinski definition) is 6. The highest BCUT2D eigenvalue weighted by molar-refractivity contribution is 9.10. The number of nitro groups is 1. The maximum Gasteiger partial charge on any atom is 0.313 e. The number of ether oxygens (including phenoxy) is 1. The standard InChI is InChI=1S/C22H20BrClN4O4/c1-5-8-32-19-16(24)9-13(10-18(19)28(30)31)12-25-27-20(29)15-11-14(23)6-7-17(15)26-21(27)22(2,3)4/h5-7,9-12H,1,8H2,2-4H3. The van der Waals surface area contributed by atoms with E-state index < -0.39 is 10.3 Å². The first-order valence-corrected chi connectivity index (χ1v) is 10.7. The Kier molecular flexibility index (Phi) is 6.80. The van der Waals surface area contributed by atoms with Crippen molar-refractivity contribution in [3.05, 3.63) is 84.3 Å². The van der Waals surface area contributed by atoms with E-state index in [2.05, 4.69) is 32.6 Å². The molecule has 0 bridgehead atoms. The van der Waals surface area contributed by atoms with Crippen LogP contribution < -0.4 is 10.3 Å². The Balaban J connectivity index is 2.18. The molecule has 0 aliphatic heterocycles. The molecule has 32 heavy (non-hydrogen) atoms. The molecule has 2 aromatic carbocycles. The molecular formula is C22H20BrClN4O4. The number of rotatable bonds is 6. The summed E-state index contributed by atoms with van der Waals surface area (Å²) in [5, 5.41) is 16.3. The van der Waals surface area contributed by atoms with Crippen LogP contribution in [0.3, 0.4) is 0 Å². The lowest BCUT2D eigenvalue weighted by molar-refractivity contribution is -0.385. The highest BCUT2D eigenvalue weighted by atomic mass is 79.9. The lowest BCUT2D eigenvalue weighted by Crippen LogP contribution is -2.29. The Bertz CT molecular complexity index is 1310. The van der Waals surface area contributed by atoms with E-state index >= 15 is 0 Å². The summed E-state index contributed by atoms with van der Waals surface area (Å²) in [7, 11) is 0. The predicted molar refractivity (Wildman–Crippen MR) is 129 cm³/mol. The van der Waals surface area contributed by atoms with Crippen LogP contribution in [0.15, 0.2) is 57.4 Å². The number of hydrogen-bond donors (Lipinski definition) is 0. The van der Waals surface area contributed by atoms with E-state index in [-0.39, 0.29) is 28.6 Å². The van der Waals surface area contributed by atoms with Gasteiger partial charge in [0.1, 0.15) is 12.4 Å². The van der Waals surface area contributed by atoms with Gasteiger partial charge in [-0.05, 0) is 24.3 Å². The van der Waals surface area contributed by atoms with Crippen molar-refractivity contribution >= 4 is 50.3 Å².